The van der Waals surface area contributed by atoms with Crippen molar-refractivity contribution in [2.45, 2.75) is 30.2 Å². The molecule has 38 heavy (non-hydrogen) atoms. The van der Waals surface area contributed by atoms with E-state index >= 15 is 0 Å². The molecule has 0 aliphatic heterocycles. The highest BCUT2D eigenvalue weighted by atomic mass is 32.2. The van der Waals surface area contributed by atoms with Crippen LogP contribution in [0.25, 0.3) is 0 Å². The summed E-state index contributed by atoms with van der Waals surface area (Å²) in [7, 11) is -1.56. The summed E-state index contributed by atoms with van der Waals surface area (Å²) in [6, 6.07) is 23.9. The maximum atomic E-state index is 13.5. The van der Waals surface area contributed by atoms with Gasteiger partial charge in [0, 0.05) is 11.8 Å². The normalized spacial score (nSPS) is 21.6. The molecule has 0 aromatic heterocycles. The number of benzene rings is 3. The zero-order valence-electron chi connectivity index (χ0n) is 21.5. The van der Waals surface area contributed by atoms with E-state index in [0.717, 1.165) is 16.7 Å². The van der Waals surface area contributed by atoms with E-state index in [9.17, 15) is 18.0 Å². The molecule has 3 aromatic rings. The summed E-state index contributed by atoms with van der Waals surface area (Å²) < 4.78 is 39.7. The first kappa shape index (κ1) is 27.3. The summed E-state index contributed by atoms with van der Waals surface area (Å²) in [5, 5.41) is 0. The Kier molecular flexibility index (Phi) is 8.14. The highest BCUT2D eigenvalue weighted by Gasteiger charge is 2.55. The number of esters is 2. The molecule has 0 radical (unpaired) electrons. The van der Waals surface area contributed by atoms with Crippen molar-refractivity contribution in [1.29, 1.82) is 0 Å². The van der Waals surface area contributed by atoms with E-state index in [1.165, 1.54) is 26.4 Å². The van der Waals surface area contributed by atoms with Crippen molar-refractivity contribution < 1.29 is 27.5 Å². The van der Waals surface area contributed by atoms with E-state index < -0.39 is 45.3 Å². The maximum absolute atomic E-state index is 13.5. The second-order valence-corrected chi connectivity index (χ2v) is 11.2. The fraction of sp³-hybridized carbons (Fsp3) is 0.267. The number of sulfonamides is 1. The first-order chi connectivity index (χ1) is 18.2. The van der Waals surface area contributed by atoms with E-state index in [4.69, 9.17) is 9.47 Å². The standard InChI is InChI=1S/C30H31NO6S/c1-21-14-16-24(17-15-21)38(34,35)31-27(28(32)36-2)25-18-19-30(29(33)37-3,20-22-10-6-4-7-11-22)26(25)23-12-8-5-9-13-23/h4-19,25-27,31H,20H2,1-3H3/t25-,26?,27?,30-/m1/s1. The zero-order valence-corrected chi connectivity index (χ0v) is 22.4. The molecule has 0 saturated carbocycles. The molecule has 1 aliphatic carbocycles. The van der Waals surface area contributed by atoms with Crippen molar-refractivity contribution in [3.8, 4) is 0 Å². The summed E-state index contributed by atoms with van der Waals surface area (Å²) >= 11 is 0. The summed E-state index contributed by atoms with van der Waals surface area (Å²) in [5.74, 6) is -2.59. The molecule has 1 N–H and O–H groups in total. The molecule has 4 rings (SSSR count). The fourth-order valence-electron chi connectivity index (χ4n) is 5.25. The van der Waals surface area contributed by atoms with Crippen LogP contribution in [0.1, 0.15) is 22.6 Å². The topological polar surface area (TPSA) is 98.8 Å². The Morgan fingerprint density at radius 2 is 1.50 bits per heavy atom. The average Bonchev–Trinajstić information content (AvgIpc) is 3.31. The number of rotatable bonds is 9. The van der Waals surface area contributed by atoms with Gasteiger partial charge in [-0.3, -0.25) is 9.59 Å². The lowest BCUT2D eigenvalue weighted by atomic mass is 9.66. The molecule has 0 spiro atoms. The van der Waals surface area contributed by atoms with E-state index in [1.54, 1.807) is 24.3 Å². The van der Waals surface area contributed by atoms with Gasteiger partial charge in [0.15, 0.2) is 0 Å². The molecule has 4 atom stereocenters. The smallest absolute Gasteiger partial charge is 0.324 e. The van der Waals surface area contributed by atoms with Crippen LogP contribution in [-0.4, -0.2) is 40.6 Å². The summed E-state index contributed by atoms with van der Waals surface area (Å²) in [6.45, 7) is 1.86. The van der Waals surface area contributed by atoms with Crippen LogP contribution in [0.4, 0.5) is 0 Å². The molecule has 0 saturated heterocycles. The van der Waals surface area contributed by atoms with Crippen molar-refractivity contribution in [1.82, 2.24) is 4.72 Å². The Balaban J connectivity index is 1.83. The predicted molar refractivity (Wildman–Crippen MR) is 144 cm³/mol. The maximum Gasteiger partial charge on any atom is 0.324 e. The van der Waals surface area contributed by atoms with Crippen LogP contribution >= 0.6 is 0 Å². The Hall–Kier alpha value is -3.75. The molecule has 0 bridgehead atoms. The van der Waals surface area contributed by atoms with Crippen LogP contribution in [0, 0.1) is 18.3 Å². The Morgan fingerprint density at radius 3 is 2.08 bits per heavy atom. The molecule has 0 fully saturated rings. The lowest BCUT2D eigenvalue weighted by molar-refractivity contribution is -0.152. The second kappa shape index (κ2) is 11.3. The van der Waals surface area contributed by atoms with Crippen LogP contribution in [-0.2, 0) is 35.5 Å². The number of hydrogen-bond acceptors (Lipinski definition) is 6. The summed E-state index contributed by atoms with van der Waals surface area (Å²) in [6.07, 6.45) is 3.78. The SMILES string of the molecule is COC(=O)C(NS(=O)(=O)c1ccc(C)cc1)[C@@H]1C=C[C@](Cc2ccccc2)(C(=O)OC)C1c1ccccc1. The van der Waals surface area contributed by atoms with E-state index in [0.29, 0.717) is 6.42 Å². The summed E-state index contributed by atoms with van der Waals surface area (Å²) in [4.78, 5) is 26.7. The highest BCUT2D eigenvalue weighted by Crippen LogP contribution is 2.52. The van der Waals surface area contributed by atoms with Crippen LogP contribution < -0.4 is 4.72 Å². The first-order valence-corrected chi connectivity index (χ1v) is 13.7. The number of carbonyl (C=O) groups excluding carboxylic acids is 2. The van der Waals surface area contributed by atoms with Gasteiger partial charge in [-0.25, -0.2) is 8.42 Å². The van der Waals surface area contributed by atoms with Gasteiger partial charge in [0.2, 0.25) is 10.0 Å². The third-order valence-electron chi connectivity index (χ3n) is 7.07. The van der Waals surface area contributed by atoms with Gasteiger partial charge in [-0.15, -0.1) is 0 Å². The Labute approximate surface area is 223 Å². The summed E-state index contributed by atoms with van der Waals surface area (Å²) in [5.41, 5.74) is 1.38. The quantitative estimate of drug-likeness (QED) is 0.327. The van der Waals surface area contributed by atoms with Gasteiger partial charge in [0.25, 0.3) is 0 Å². The average molecular weight is 534 g/mol. The van der Waals surface area contributed by atoms with Crippen molar-refractivity contribution in [3.05, 3.63) is 114 Å². The molecular weight excluding hydrogens is 502 g/mol. The van der Waals surface area contributed by atoms with Gasteiger partial charge in [-0.05, 0) is 36.6 Å². The third kappa shape index (κ3) is 5.42. The molecule has 198 valence electrons. The largest absolute Gasteiger partial charge is 0.468 e. The molecule has 2 unspecified atom stereocenters. The number of nitrogens with one attached hydrogen (secondary N) is 1. The van der Waals surface area contributed by atoms with Crippen LogP contribution in [0.2, 0.25) is 0 Å². The van der Waals surface area contributed by atoms with Gasteiger partial charge >= 0.3 is 11.9 Å². The van der Waals surface area contributed by atoms with Crippen molar-refractivity contribution in [3.63, 3.8) is 0 Å². The molecule has 8 heteroatoms. The Morgan fingerprint density at radius 1 is 0.895 bits per heavy atom. The minimum atomic E-state index is -4.10. The van der Waals surface area contributed by atoms with Crippen molar-refractivity contribution in [2.75, 3.05) is 14.2 Å². The lowest BCUT2D eigenvalue weighted by Gasteiger charge is -2.37. The number of ether oxygens (including phenoxy) is 2. The van der Waals surface area contributed by atoms with Gasteiger partial charge in [0.1, 0.15) is 6.04 Å². The minimum absolute atomic E-state index is 0.0266. The van der Waals surface area contributed by atoms with Gasteiger partial charge in [-0.2, -0.15) is 4.72 Å². The predicted octanol–water partition coefficient (Wildman–Crippen LogP) is 4.19. The number of carbonyl (C=O) groups is 2. The number of aryl methyl sites for hydroxylation is 1. The number of methoxy groups -OCH3 is 2. The lowest BCUT2D eigenvalue weighted by Crippen LogP contribution is -2.50. The van der Waals surface area contributed by atoms with Crippen LogP contribution in [0.5, 0.6) is 0 Å². The van der Waals surface area contributed by atoms with Crippen LogP contribution in [0.3, 0.4) is 0 Å². The Bertz CT molecular complexity index is 1400. The van der Waals surface area contributed by atoms with E-state index in [2.05, 4.69) is 4.72 Å². The van der Waals surface area contributed by atoms with E-state index in [-0.39, 0.29) is 4.90 Å². The van der Waals surface area contributed by atoms with Gasteiger partial charge < -0.3 is 9.47 Å². The molecule has 7 nitrogen and oxygen atoms in total. The molecule has 0 heterocycles. The molecule has 1 aliphatic rings. The zero-order chi connectivity index (χ0) is 27.3. The fourth-order valence-corrected chi connectivity index (χ4v) is 6.47. The second-order valence-electron chi connectivity index (χ2n) is 9.45. The first-order valence-electron chi connectivity index (χ1n) is 12.3. The van der Waals surface area contributed by atoms with Gasteiger partial charge in [0.05, 0.1) is 24.5 Å². The molecule has 3 aromatic carbocycles. The van der Waals surface area contributed by atoms with Crippen LogP contribution in [0.15, 0.2) is 102 Å². The monoisotopic (exact) mass is 533 g/mol. The molecule has 0 amide bonds. The minimum Gasteiger partial charge on any atom is -0.468 e. The van der Waals surface area contributed by atoms with Crippen molar-refractivity contribution >= 4 is 22.0 Å². The number of hydrogen-bond donors (Lipinski definition) is 1. The third-order valence-corrected chi connectivity index (χ3v) is 8.53. The highest BCUT2D eigenvalue weighted by molar-refractivity contribution is 7.89. The van der Waals surface area contributed by atoms with Crippen molar-refractivity contribution in [2.24, 2.45) is 11.3 Å². The molecular formula is C30H31NO6S. The van der Waals surface area contributed by atoms with E-state index in [1.807, 2.05) is 67.6 Å². The van der Waals surface area contributed by atoms with Gasteiger partial charge in [-0.1, -0.05) is 90.5 Å².